The van der Waals surface area contributed by atoms with Crippen LogP contribution >= 0.6 is 11.3 Å². The van der Waals surface area contributed by atoms with Gasteiger partial charge in [-0.05, 0) is 29.4 Å². The van der Waals surface area contributed by atoms with E-state index in [1.165, 1.54) is 43.4 Å². The Morgan fingerprint density at radius 2 is 2.00 bits per heavy atom. The molecule has 22 heavy (non-hydrogen) atoms. The average molecular weight is 315 g/mol. The van der Waals surface area contributed by atoms with Crippen molar-refractivity contribution >= 4 is 33.6 Å². The summed E-state index contributed by atoms with van der Waals surface area (Å²) >= 11 is 1.40. The number of carbonyl (C=O) groups excluding carboxylic acids is 2. The zero-order valence-electron chi connectivity index (χ0n) is 12.6. The Morgan fingerprint density at radius 1 is 1.27 bits per heavy atom. The third-order valence-electron chi connectivity index (χ3n) is 4.70. The number of thiophene rings is 1. The Labute approximate surface area is 134 Å². The van der Waals surface area contributed by atoms with Gasteiger partial charge in [-0.1, -0.05) is 50.3 Å². The molecule has 1 amide bonds. The first kappa shape index (κ1) is 15.2. The minimum atomic E-state index is -0.424. The second-order valence-corrected chi connectivity index (χ2v) is 7.24. The Bertz CT molecular complexity index is 685. The Kier molecular flexibility index (Phi) is 4.57. The van der Waals surface area contributed by atoms with E-state index in [0.29, 0.717) is 10.8 Å². The zero-order chi connectivity index (χ0) is 15.5. The summed E-state index contributed by atoms with van der Waals surface area (Å²) in [6, 6.07) is 7.87. The van der Waals surface area contributed by atoms with Crippen LogP contribution in [0.1, 0.15) is 59.7 Å². The molecule has 0 spiro atoms. The van der Waals surface area contributed by atoms with Crippen molar-refractivity contribution in [3.8, 4) is 0 Å². The van der Waals surface area contributed by atoms with E-state index in [4.69, 9.17) is 5.73 Å². The molecule has 4 heteroatoms. The average Bonchev–Trinajstić information content (AvgIpc) is 2.93. The van der Waals surface area contributed by atoms with Crippen LogP contribution in [0.5, 0.6) is 0 Å². The predicted molar refractivity (Wildman–Crippen MR) is 90.3 cm³/mol. The number of fused-ring (bicyclic) bond motifs is 1. The number of hydrogen-bond donors (Lipinski definition) is 1. The molecule has 2 N–H and O–H groups in total. The molecule has 2 aromatic rings. The second-order valence-electron chi connectivity index (χ2n) is 6.19. The van der Waals surface area contributed by atoms with Crippen LogP contribution in [-0.4, -0.2) is 12.2 Å². The molecular formula is C18H21NO2S. The van der Waals surface area contributed by atoms with Gasteiger partial charge in [0.05, 0.1) is 4.88 Å². The number of rotatable bonds is 5. The maximum Gasteiger partial charge on any atom is 0.259 e. The van der Waals surface area contributed by atoms with E-state index >= 15 is 0 Å². The molecule has 0 radical (unpaired) electrons. The van der Waals surface area contributed by atoms with Gasteiger partial charge in [0.25, 0.3) is 5.91 Å². The van der Waals surface area contributed by atoms with Crippen molar-refractivity contribution in [1.29, 1.82) is 0 Å². The molecule has 1 fully saturated rings. The molecule has 0 bridgehead atoms. The molecule has 116 valence electrons. The number of aldehydes is 1. The first-order valence-electron chi connectivity index (χ1n) is 7.97. The minimum absolute atomic E-state index is 0.221. The van der Waals surface area contributed by atoms with Crippen molar-refractivity contribution in [2.45, 2.75) is 44.4 Å². The Morgan fingerprint density at radius 3 is 2.68 bits per heavy atom. The first-order chi connectivity index (χ1) is 10.7. The molecule has 3 nitrogen and oxygen atoms in total. The second kappa shape index (κ2) is 6.61. The van der Waals surface area contributed by atoms with Crippen LogP contribution in [0, 0.1) is 5.92 Å². The van der Waals surface area contributed by atoms with Gasteiger partial charge in [0.15, 0.2) is 0 Å². The highest BCUT2D eigenvalue weighted by atomic mass is 32.1. The van der Waals surface area contributed by atoms with Crippen LogP contribution in [0.3, 0.4) is 0 Å². The molecule has 1 unspecified atom stereocenters. The largest absolute Gasteiger partial charge is 0.365 e. The predicted octanol–water partition coefficient (Wildman–Crippen LogP) is 4.25. The van der Waals surface area contributed by atoms with Gasteiger partial charge in [-0.2, -0.15) is 0 Å². The van der Waals surface area contributed by atoms with Gasteiger partial charge in [-0.25, -0.2) is 0 Å². The molecule has 1 saturated carbocycles. The van der Waals surface area contributed by atoms with E-state index in [1.54, 1.807) is 0 Å². The molecule has 1 aliphatic carbocycles. The summed E-state index contributed by atoms with van der Waals surface area (Å²) in [5.74, 6) is -0.0585. The van der Waals surface area contributed by atoms with Gasteiger partial charge < -0.3 is 10.5 Å². The van der Waals surface area contributed by atoms with Crippen LogP contribution in [0.4, 0.5) is 0 Å². The van der Waals surface area contributed by atoms with Crippen molar-refractivity contribution < 1.29 is 9.59 Å². The monoisotopic (exact) mass is 315 g/mol. The molecule has 1 atom stereocenters. The van der Waals surface area contributed by atoms with Gasteiger partial charge in [-0.15, -0.1) is 11.3 Å². The SMILES string of the molecule is NC(=O)c1sc2ccccc2c1C(C=O)CC1CCCCC1. The van der Waals surface area contributed by atoms with E-state index in [2.05, 4.69) is 0 Å². The standard InChI is InChI=1S/C18H21NO2S/c19-18(21)17-16(14-8-4-5-9-15(14)22-17)13(11-20)10-12-6-2-1-3-7-12/h4-5,8-9,11-13H,1-3,6-7,10H2,(H2,19,21). The lowest BCUT2D eigenvalue weighted by Gasteiger charge is -2.24. The first-order valence-corrected chi connectivity index (χ1v) is 8.79. The smallest absolute Gasteiger partial charge is 0.259 e. The van der Waals surface area contributed by atoms with Gasteiger partial charge in [-0.3, -0.25) is 4.79 Å². The fourth-order valence-corrected chi connectivity index (χ4v) is 4.77. The van der Waals surface area contributed by atoms with Crippen molar-refractivity contribution in [3.05, 3.63) is 34.7 Å². The third-order valence-corrected chi connectivity index (χ3v) is 5.91. The molecule has 1 aliphatic rings. The molecule has 1 aromatic carbocycles. The topological polar surface area (TPSA) is 60.2 Å². The summed E-state index contributed by atoms with van der Waals surface area (Å²) in [4.78, 5) is 24.1. The summed E-state index contributed by atoms with van der Waals surface area (Å²) in [5, 5.41) is 1.01. The van der Waals surface area contributed by atoms with Gasteiger partial charge >= 0.3 is 0 Å². The normalized spacial score (nSPS) is 17.5. The van der Waals surface area contributed by atoms with E-state index in [-0.39, 0.29) is 5.92 Å². The Hall–Kier alpha value is -1.68. The van der Waals surface area contributed by atoms with E-state index in [1.807, 2.05) is 24.3 Å². The molecule has 0 aliphatic heterocycles. The minimum Gasteiger partial charge on any atom is -0.365 e. The molecule has 1 aromatic heterocycles. The van der Waals surface area contributed by atoms with Crippen molar-refractivity contribution in [2.75, 3.05) is 0 Å². The lowest BCUT2D eigenvalue weighted by atomic mass is 9.80. The quantitative estimate of drug-likeness (QED) is 0.838. The number of carbonyl (C=O) groups is 2. The van der Waals surface area contributed by atoms with Crippen LogP contribution in [0.25, 0.3) is 10.1 Å². The fourth-order valence-electron chi connectivity index (χ4n) is 3.64. The Balaban J connectivity index is 1.99. The third kappa shape index (κ3) is 2.93. The van der Waals surface area contributed by atoms with Gasteiger partial charge in [0.1, 0.15) is 6.29 Å². The van der Waals surface area contributed by atoms with E-state index in [0.717, 1.165) is 28.4 Å². The van der Waals surface area contributed by atoms with Gasteiger partial charge in [0, 0.05) is 10.6 Å². The number of primary amides is 1. The number of amides is 1. The van der Waals surface area contributed by atoms with E-state index in [9.17, 15) is 9.59 Å². The van der Waals surface area contributed by atoms with Gasteiger partial charge in [0.2, 0.25) is 0 Å². The number of benzene rings is 1. The lowest BCUT2D eigenvalue weighted by Crippen LogP contribution is -2.16. The highest BCUT2D eigenvalue weighted by Gasteiger charge is 2.26. The fraction of sp³-hybridized carbons (Fsp3) is 0.444. The molecular weight excluding hydrogens is 294 g/mol. The van der Waals surface area contributed by atoms with Crippen LogP contribution in [-0.2, 0) is 4.79 Å². The summed E-state index contributed by atoms with van der Waals surface area (Å²) in [5.41, 5.74) is 6.41. The summed E-state index contributed by atoms with van der Waals surface area (Å²) in [6.45, 7) is 0. The molecule has 1 heterocycles. The summed E-state index contributed by atoms with van der Waals surface area (Å²) in [6.07, 6.45) is 8.04. The van der Waals surface area contributed by atoms with Crippen molar-refractivity contribution in [2.24, 2.45) is 11.7 Å². The van der Waals surface area contributed by atoms with Crippen molar-refractivity contribution in [3.63, 3.8) is 0 Å². The van der Waals surface area contributed by atoms with Crippen LogP contribution in [0.15, 0.2) is 24.3 Å². The zero-order valence-corrected chi connectivity index (χ0v) is 13.4. The molecule has 0 saturated heterocycles. The van der Waals surface area contributed by atoms with Crippen LogP contribution < -0.4 is 5.73 Å². The lowest BCUT2D eigenvalue weighted by molar-refractivity contribution is -0.109. The summed E-state index contributed by atoms with van der Waals surface area (Å²) < 4.78 is 1.03. The van der Waals surface area contributed by atoms with E-state index < -0.39 is 5.91 Å². The molecule has 3 rings (SSSR count). The van der Waals surface area contributed by atoms with Crippen molar-refractivity contribution in [1.82, 2.24) is 0 Å². The highest BCUT2D eigenvalue weighted by molar-refractivity contribution is 7.21. The maximum atomic E-state index is 11.8. The number of nitrogens with two attached hydrogens (primary N) is 1. The number of hydrogen-bond acceptors (Lipinski definition) is 3. The summed E-state index contributed by atoms with van der Waals surface area (Å²) in [7, 11) is 0. The maximum absolute atomic E-state index is 11.8. The highest BCUT2D eigenvalue weighted by Crippen LogP contribution is 2.40. The van der Waals surface area contributed by atoms with Crippen LogP contribution in [0.2, 0.25) is 0 Å².